The number of hydrogen-bond acceptors (Lipinski definition) is 3. The van der Waals surface area contributed by atoms with E-state index < -0.39 is 0 Å². The Balaban J connectivity index is 2.17. The van der Waals surface area contributed by atoms with E-state index in [4.69, 9.17) is 16.3 Å². The molecule has 2 heterocycles. The van der Waals surface area contributed by atoms with Crippen LogP contribution in [0.15, 0.2) is 54.7 Å². The summed E-state index contributed by atoms with van der Waals surface area (Å²) in [5.74, 6) is -0.374. The second-order valence-corrected chi connectivity index (χ2v) is 5.22. The number of carbonyl (C=O) groups is 1. The molecule has 0 unspecified atom stereocenters. The molecule has 1 aromatic carbocycles. The second-order valence-electron chi connectivity index (χ2n) is 4.86. The first-order valence-corrected chi connectivity index (χ1v) is 7.64. The molecule has 3 rings (SSSR count). The standard InChI is InChI=1S/C18H15ClN2O2/c1-2-23-17(22)9-8-14-12-15-16(10-11-20-18(15)19)21(14)13-6-4-3-5-7-13/h3-12H,2H2,1H3/b9-8+. The van der Waals surface area contributed by atoms with Crippen LogP contribution in [0, 0.1) is 0 Å². The zero-order valence-corrected chi connectivity index (χ0v) is 13.3. The summed E-state index contributed by atoms with van der Waals surface area (Å²) in [4.78, 5) is 15.7. The number of rotatable bonds is 4. The Morgan fingerprint density at radius 3 is 2.83 bits per heavy atom. The van der Waals surface area contributed by atoms with Gasteiger partial charge in [0.05, 0.1) is 12.1 Å². The molecule has 0 amide bonds. The van der Waals surface area contributed by atoms with Gasteiger partial charge in [-0.15, -0.1) is 0 Å². The van der Waals surface area contributed by atoms with Crippen molar-refractivity contribution >= 4 is 34.5 Å². The van der Waals surface area contributed by atoms with Gasteiger partial charge in [0, 0.05) is 29.0 Å². The fourth-order valence-corrected chi connectivity index (χ4v) is 2.66. The number of carbonyl (C=O) groups excluding carboxylic acids is 1. The van der Waals surface area contributed by atoms with Crippen molar-refractivity contribution in [3.05, 3.63) is 65.6 Å². The molecular formula is C18H15ClN2O2. The van der Waals surface area contributed by atoms with Crippen molar-refractivity contribution < 1.29 is 9.53 Å². The molecule has 2 aromatic heterocycles. The summed E-state index contributed by atoms with van der Waals surface area (Å²) in [7, 11) is 0. The molecule has 0 fully saturated rings. The number of benzene rings is 1. The molecule has 0 atom stereocenters. The lowest BCUT2D eigenvalue weighted by Crippen LogP contribution is -2.00. The highest BCUT2D eigenvalue weighted by atomic mass is 35.5. The summed E-state index contributed by atoms with van der Waals surface area (Å²) in [6.45, 7) is 2.12. The Bertz CT molecular complexity index is 869. The second kappa shape index (κ2) is 6.67. The summed E-state index contributed by atoms with van der Waals surface area (Å²) in [5, 5.41) is 1.27. The van der Waals surface area contributed by atoms with Gasteiger partial charge in [0.15, 0.2) is 0 Å². The smallest absolute Gasteiger partial charge is 0.330 e. The van der Waals surface area contributed by atoms with E-state index in [1.807, 2.05) is 47.0 Å². The monoisotopic (exact) mass is 326 g/mol. The maximum atomic E-state index is 11.6. The zero-order chi connectivity index (χ0) is 16.2. The fraction of sp³-hybridized carbons (Fsp3) is 0.111. The van der Waals surface area contributed by atoms with Crippen LogP contribution in [-0.4, -0.2) is 22.1 Å². The molecule has 0 aliphatic heterocycles. The van der Waals surface area contributed by atoms with Gasteiger partial charge in [-0.05, 0) is 37.3 Å². The van der Waals surface area contributed by atoms with E-state index in [9.17, 15) is 4.79 Å². The van der Waals surface area contributed by atoms with E-state index in [0.717, 1.165) is 22.3 Å². The third kappa shape index (κ3) is 3.12. The van der Waals surface area contributed by atoms with Gasteiger partial charge in [-0.25, -0.2) is 9.78 Å². The number of esters is 1. The normalized spacial score (nSPS) is 11.2. The molecule has 3 aromatic rings. The van der Waals surface area contributed by atoms with Gasteiger partial charge in [0.25, 0.3) is 0 Å². The highest BCUT2D eigenvalue weighted by Gasteiger charge is 2.11. The molecule has 23 heavy (non-hydrogen) atoms. The van der Waals surface area contributed by atoms with Crippen molar-refractivity contribution in [1.29, 1.82) is 0 Å². The Labute approximate surface area is 139 Å². The maximum absolute atomic E-state index is 11.6. The third-order valence-corrected chi connectivity index (χ3v) is 3.70. The Hall–Kier alpha value is -2.59. The average Bonchev–Trinajstić information content (AvgIpc) is 2.94. The number of fused-ring (bicyclic) bond motifs is 1. The number of halogens is 1. The third-order valence-electron chi connectivity index (χ3n) is 3.40. The molecule has 4 nitrogen and oxygen atoms in total. The first kappa shape index (κ1) is 15.3. The van der Waals surface area contributed by atoms with Gasteiger partial charge in [-0.3, -0.25) is 0 Å². The Morgan fingerprint density at radius 2 is 2.09 bits per heavy atom. The summed E-state index contributed by atoms with van der Waals surface area (Å²) < 4.78 is 6.96. The lowest BCUT2D eigenvalue weighted by Gasteiger charge is -2.08. The Morgan fingerprint density at radius 1 is 1.30 bits per heavy atom. The lowest BCUT2D eigenvalue weighted by atomic mass is 10.3. The van der Waals surface area contributed by atoms with Crippen LogP contribution in [0.4, 0.5) is 0 Å². The summed E-state index contributed by atoms with van der Waals surface area (Å²) >= 11 is 6.20. The molecule has 116 valence electrons. The van der Waals surface area contributed by atoms with Crippen LogP contribution in [0.25, 0.3) is 22.7 Å². The summed E-state index contributed by atoms with van der Waals surface area (Å²) in [6.07, 6.45) is 4.81. The fourth-order valence-electron chi connectivity index (χ4n) is 2.45. The molecule has 0 saturated heterocycles. The number of para-hydroxylation sites is 1. The maximum Gasteiger partial charge on any atom is 0.330 e. The molecule has 5 heteroatoms. The van der Waals surface area contributed by atoms with E-state index in [2.05, 4.69) is 4.98 Å². The molecule has 0 spiro atoms. The highest BCUT2D eigenvalue weighted by molar-refractivity contribution is 6.34. The van der Waals surface area contributed by atoms with Crippen molar-refractivity contribution in [3.8, 4) is 5.69 Å². The van der Waals surface area contributed by atoms with Crippen LogP contribution in [0.1, 0.15) is 12.6 Å². The number of nitrogens with zero attached hydrogens (tertiary/aromatic N) is 2. The topological polar surface area (TPSA) is 44.1 Å². The number of pyridine rings is 1. The first-order chi connectivity index (χ1) is 11.2. The minimum absolute atomic E-state index is 0.348. The van der Waals surface area contributed by atoms with E-state index >= 15 is 0 Å². The average molecular weight is 327 g/mol. The first-order valence-electron chi connectivity index (χ1n) is 7.27. The number of ether oxygens (including phenoxy) is 1. The molecule has 0 N–H and O–H groups in total. The van der Waals surface area contributed by atoms with Crippen LogP contribution in [0.5, 0.6) is 0 Å². The van der Waals surface area contributed by atoms with Gasteiger partial charge in [-0.2, -0.15) is 0 Å². The minimum Gasteiger partial charge on any atom is -0.463 e. The van der Waals surface area contributed by atoms with Crippen LogP contribution in [0.3, 0.4) is 0 Å². The van der Waals surface area contributed by atoms with Crippen LogP contribution in [0.2, 0.25) is 5.15 Å². The van der Waals surface area contributed by atoms with E-state index in [1.54, 1.807) is 19.2 Å². The van der Waals surface area contributed by atoms with Crippen LogP contribution in [-0.2, 0) is 9.53 Å². The molecule has 0 bridgehead atoms. The van der Waals surface area contributed by atoms with Gasteiger partial charge < -0.3 is 9.30 Å². The summed E-state index contributed by atoms with van der Waals surface area (Å²) in [6, 6.07) is 13.7. The van der Waals surface area contributed by atoms with E-state index in [1.165, 1.54) is 6.08 Å². The van der Waals surface area contributed by atoms with Crippen molar-refractivity contribution in [1.82, 2.24) is 9.55 Å². The van der Waals surface area contributed by atoms with Crippen LogP contribution >= 0.6 is 11.6 Å². The lowest BCUT2D eigenvalue weighted by molar-refractivity contribution is -0.137. The van der Waals surface area contributed by atoms with E-state index in [-0.39, 0.29) is 5.97 Å². The van der Waals surface area contributed by atoms with Crippen molar-refractivity contribution in [2.45, 2.75) is 6.92 Å². The summed E-state index contributed by atoms with van der Waals surface area (Å²) in [5.41, 5.74) is 2.74. The van der Waals surface area contributed by atoms with Gasteiger partial charge in [0.2, 0.25) is 0 Å². The Kier molecular flexibility index (Phi) is 4.44. The highest BCUT2D eigenvalue weighted by Crippen LogP contribution is 2.29. The molecular weight excluding hydrogens is 312 g/mol. The molecule has 0 aliphatic rings. The minimum atomic E-state index is -0.374. The molecule has 0 saturated carbocycles. The number of hydrogen-bond donors (Lipinski definition) is 0. The zero-order valence-electron chi connectivity index (χ0n) is 12.6. The predicted octanol–water partition coefficient (Wildman–Crippen LogP) is 4.26. The molecule has 0 radical (unpaired) electrons. The van der Waals surface area contributed by atoms with Crippen LogP contribution < -0.4 is 0 Å². The van der Waals surface area contributed by atoms with Crippen molar-refractivity contribution in [3.63, 3.8) is 0 Å². The van der Waals surface area contributed by atoms with Crippen molar-refractivity contribution in [2.75, 3.05) is 6.61 Å². The largest absolute Gasteiger partial charge is 0.463 e. The van der Waals surface area contributed by atoms with Crippen molar-refractivity contribution in [2.24, 2.45) is 0 Å². The van der Waals surface area contributed by atoms with Gasteiger partial charge in [-0.1, -0.05) is 29.8 Å². The van der Waals surface area contributed by atoms with E-state index in [0.29, 0.717) is 11.8 Å². The quantitative estimate of drug-likeness (QED) is 0.409. The number of aromatic nitrogens is 2. The SMILES string of the molecule is CCOC(=O)/C=C/c1cc2c(Cl)nccc2n1-c1ccccc1. The predicted molar refractivity (Wildman–Crippen MR) is 91.7 cm³/mol. The molecule has 0 aliphatic carbocycles. The van der Waals surface area contributed by atoms with Gasteiger partial charge in [0.1, 0.15) is 5.15 Å². The van der Waals surface area contributed by atoms with Gasteiger partial charge >= 0.3 is 5.97 Å².